The van der Waals surface area contributed by atoms with Gasteiger partial charge in [-0.1, -0.05) is 0 Å². The molecule has 0 saturated heterocycles. The highest BCUT2D eigenvalue weighted by molar-refractivity contribution is 5.90. The van der Waals surface area contributed by atoms with E-state index in [1.165, 1.54) is 0 Å². The van der Waals surface area contributed by atoms with Crippen molar-refractivity contribution >= 4 is 11.9 Å². The lowest BCUT2D eigenvalue weighted by Gasteiger charge is -2.27. The lowest BCUT2D eigenvalue weighted by molar-refractivity contribution is -0.143. The second kappa shape index (κ2) is 9.46. The Morgan fingerprint density at radius 2 is 1.55 bits per heavy atom. The van der Waals surface area contributed by atoms with Crippen LogP contribution in [0.25, 0.3) is 0 Å². The van der Waals surface area contributed by atoms with Gasteiger partial charge in [0, 0.05) is 31.8 Å². The summed E-state index contributed by atoms with van der Waals surface area (Å²) in [5.41, 5.74) is 0. The molecule has 0 aliphatic rings. The van der Waals surface area contributed by atoms with Crippen molar-refractivity contribution in [1.29, 1.82) is 0 Å². The Kier molecular flexibility index (Phi) is 8.78. The van der Waals surface area contributed by atoms with E-state index in [-0.39, 0.29) is 0 Å². The van der Waals surface area contributed by atoms with Crippen molar-refractivity contribution in [2.45, 2.75) is 39.1 Å². The van der Waals surface area contributed by atoms with E-state index in [1.54, 1.807) is 25.7 Å². The van der Waals surface area contributed by atoms with Gasteiger partial charge in [0.25, 0.3) is 0 Å². The van der Waals surface area contributed by atoms with Crippen molar-refractivity contribution in [3.05, 3.63) is 12.2 Å². The van der Waals surface area contributed by atoms with Crippen molar-refractivity contribution in [3.8, 4) is 0 Å². The van der Waals surface area contributed by atoms with Gasteiger partial charge in [0.15, 0.2) is 0 Å². The number of hydrogen-bond donors (Lipinski definition) is 3. The van der Waals surface area contributed by atoms with Gasteiger partial charge in [-0.05, 0) is 20.8 Å². The van der Waals surface area contributed by atoms with Gasteiger partial charge in [-0.2, -0.15) is 0 Å². The van der Waals surface area contributed by atoms with Crippen LogP contribution >= 0.6 is 0 Å². The third-order valence-corrected chi connectivity index (χ3v) is 2.24. The number of ether oxygens (including phenoxy) is 1. The van der Waals surface area contributed by atoms with E-state index in [0.717, 1.165) is 6.08 Å². The zero-order valence-corrected chi connectivity index (χ0v) is 12.0. The Balaban J connectivity index is 4.33. The Hall–Kier alpha value is -1.44. The van der Waals surface area contributed by atoms with Crippen molar-refractivity contribution in [2.24, 2.45) is 0 Å². The van der Waals surface area contributed by atoms with Crippen LogP contribution in [0.1, 0.15) is 20.8 Å². The van der Waals surface area contributed by atoms with E-state index >= 15 is 0 Å². The van der Waals surface area contributed by atoms with Crippen molar-refractivity contribution in [3.63, 3.8) is 0 Å². The molecule has 0 spiro atoms. The molecule has 0 aromatic carbocycles. The van der Waals surface area contributed by atoms with Crippen LogP contribution in [0.3, 0.4) is 0 Å². The summed E-state index contributed by atoms with van der Waals surface area (Å²) in [7, 11) is 0. The van der Waals surface area contributed by atoms with E-state index in [0.29, 0.717) is 25.7 Å². The van der Waals surface area contributed by atoms with Gasteiger partial charge < -0.3 is 20.1 Å². The normalized spacial score (nSPS) is 16.1. The van der Waals surface area contributed by atoms with Crippen LogP contribution in [0.5, 0.6) is 0 Å². The Morgan fingerprint density at radius 1 is 1.05 bits per heavy atom. The predicted octanol–water partition coefficient (Wildman–Crippen LogP) is -0.377. The van der Waals surface area contributed by atoms with E-state index < -0.39 is 30.3 Å². The van der Waals surface area contributed by atoms with E-state index in [1.807, 2.05) is 0 Å². The van der Waals surface area contributed by atoms with Crippen molar-refractivity contribution in [2.75, 3.05) is 19.6 Å². The van der Waals surface area contributed by atoms with Crippen LogP contribution < -0.4 is 0 Å². The zero-order valence-electron chi connectivity index (χ0n) is 12.0. The number of carbonyl (C=O) groups excluding carboxylic acids is 1. The number of rotatable bonds is 9. The maximum Gasteiger partial charge on any atom is 0.331 e. The van der Waals surface area contributed by atoms with Crippen LogP contribution in [0.2, 0.25) is 0 Å². The Morgan fingerprint density at radius 3 is 1.95 bits per heavy atom. The SMILES string of the molecule is CC(O)CN(CC(C)O)CC(C)OC(=O)/C=C/C(=O)O. The lowest BCUT2D eigenvalue weighted by atomic mass is 10.2. The molecule has 0 aromatic heterocycles. The van der Waals surface area contributed by atoms with Gasteiger partial charge in [-0.25, -0.2) is 9.59 Å². The number of carboxylic acid groups (broad SMARTS) is 1. The average molecular weight is 289 g/mol. The minimum absolute atomic E-state index is 0.336. The quantitative estimate of drug-likeness (QED) is 0.392. The van der Waals surface area contributed by atoms with E-state index in [4.69, 9.17) is 9.84 Å². The highest BCUT2D eigenvalue weighted by atomic mass is 16.5. The fraction of sp³-hybridized carbons (Fsp3) is 0.692. The van der Waals surface area contributed by atoms with Crippen molar-refractivity contribution < 1.29 is 29.6 Å². The number of aliphatic hydroxyl groups is 2. The molecule has 0 aromatic rings. The standard InChI is InChI=1S/C13H23NO6/c1-9(15)6-14(7-10(2)16)8-11(3)20-13(19)5-4-12(17)18/h4-5,9-11,15-16H,6-8H2,1-3H3,(H,17,18)/b5-4+. The largest absolute Gasteiger partial charge is 0.478 e. The molecule has 0 heterocycles. The average Bonchev–Trinajstić information content (AvgIpc) is 2.23. The summed E-state index contributed by atoms with van der Waals surface area (Å²) >= 11 is 0. The van der Waals surface area contributed by atoms with Gasteiger partial charge in [0.2, 0.25) is 0 Å². The summed E-state index contributed by atoms with van der Waals surface area (Å²) in [6.07, 6.45) is -0.0733. The molecule has 0 rings (SSSR count). The fourth-order valence-electron chi connectivity index (χ4n) is 1.75. The molecule has 0 amide bonds. The lowest BCUT2D eigenvalue weighted by Crippen LogP contribution is -2.41. The Bertz CT molecular complexity index is 330. The number of carbonyl (C=O) groups is 2. The van der Waals surface area contributed by atoms with Crippen molar-refractivity contribution in [1.82, 2.24) is 4.90 Å². The molecule has 3 N–H and O–H groups in total. The van der Waals surface area contributed by atoms with Gasteiger partial charge in [-0.3, -0.25) is 4.90 Å². The van der Waals surface area contributed by atoms with Gasteiger partial charge >= 0.3 is 11.9 Å². The minimum atomic E-state index is -1.22. The summed E-state index contributed by atoms with van der Waals surface area (Å²) < 4.78 is 5.00. The van der Waals surface area contributed by atoms with E-state index in [2.05, 4.69) is 0 Å². The number of esters is 1. The number of carboxylic acids is 1. The molecule has 3 unspecified atom stereocenters. The first-order valence-corrected chi connectivity index (χ1v) is 6.40. The third-order valence-electron chi connectivity index (χ3n) is 2.24. The number of hydrogen-bond acceptors (Lipinski definition) is 6. The molecule has 0 radical (unpaired) electrons. The van der Waals surface area contributed by atoms with Crippen LogP contribution in [0.4, 0.5) is 0 Å². The Labute approximate surface area is 118 Å². The molecule has 3 atom stereocenters. The topological polar surface area (TPSA) is 107 Å². The predicted molar refractivity (Wildman–Crippen MR) is 72.1 cm³/mol. The summed E-state index contributed by atoms with van der Waals surface area (Å²) in [6.45, 7) is 5.93. The summed E-state index contributed by atoms with van der Waals surface area (Å²) in [5, 5.41) is 27.1. The fourth-order valence-corrected chi connectivity index (χ4v) is 1.75. The summed E-state index contributed by atoms with van der Waals surface area (Å²) in [4.78, 5) is 23.3. The second-order valence-corrected chi connectivity index (χ2v) is 4.84. The van der Waals surface area contributed by atoms with Crippen LogP contribution in [-0.2, 0) is 14.3 Å². The van der Waals surface area contributed by atoms with Gasteiger partial charge in [0.05, 0.1) is 12.2 Å². The van der Waals surface area contributed by atoms with Gasteiger partial charge in [0.1, 0.15) is 6.10 Å². The second-order valence-electron chi connectivity index (χ2n) is 4.84. The van der Waals surface area contributed by atoms with Crippen LogP contribution in [0.15, 0.2) is 12.2 Å². The van der Waals surface area contributed by atoms with Crippen LogP contribution in [0, 0.1) is 0 Å². The molecule has 0 bridgehead atoms. The molecule has 20 heavy (non-hydrogen) atoms. The van der Waals surface area contributed by atoms with Gasteiger partial charge in [-0.15, -0.1) is 0 Å². The first kappa shape index (κ1) is 18.6. The molecule has 7 heteroatoms. The molecule has 0 aliphatic carbocycles. The maximum atomic E-state index is 11.3. The first-order valence-electron chi connectivity index (χ1n) is 6.40. The highest BCUT2D eigenvalue weighted by Crippen LogP contribution is 2.01. The number of aliphatic hydroxyl groups excluding tert-OH is 2. The molecular weight excluding hydrogens is 266 g/mol. The molecule has 116 valence electrons. The zero-order chi connectivity index (χ0) is 15.7. The third kappa shape index (κ3) is 10.5. The maximum absolute atomic E-state index is 11.3. The summed E-state index contributed by atoms with van der Waals surface area (Å²) in [5.74, 6) is -1.96. The number of aliphatic carboxylic acids is 1. The molecule has 0 aliphatic heterocycles. The molecule has 0 fully saturated rings. The number of nitrogens with zero attached hydrogens (tertiary/aromatic N) is 1. The molecular formula is C13H23NO6. The smallest absolute Gasteiger partial charge is 0.331 e. The van der Waals surface area contributed by atoms with E-state index in [9.17, 15) is 19.8 Å². The monoisotopic (exact) mass is 289 g/mol. The highest BCUT2D eigenvalue weighted by Gasteiger charge is 2.16. The molecule has 0 saturated carbocycles. The first-order chi connectivity index (χ1) is 9.20. The molecule has 7 nitrogen and oxygen atoms in total. The van der Waals surface area contributed by atoms with Crippen LogP contribution in [-0.4, -0.2) is 70.1 Å². The minimum Gasteiger partial charge on any atom is -0.478 e. The summed E-state index contributed by atoms with van der Waals surface area (Å²) in [6, 6.07) is 0.